The third kappa shape index (κ3) is 2.76. The lowest BCUT2D eigenvalue weighted by Crippen LogP contribution is -2.15. The minimum Gasteiger partial charge on any atom is -0.395 e. The molecule has 106 valence electrons. The predicted octanol–water partition coefficient (Wildman–Crippen LogP) is 2.47. The molecule has 1 heterocycles. The molecule has 0 saturated heterocycles. The van der Waals surface area contributed by atoms with Gasteiger partial charge in [0.1, 0.15) is 11.6 Å². The molecule has 0 unspecified atom stereocenters. The second-order valence-corrected chi connectivity index (χ2v) is 4.29. The van der Waals surface area contributed by atoms with E-state index in [1.807, 2.05) is 6.92 Å². The van der Waals surface area contributed by atoms with Crippen molar-refractivity contribution in [1.82, 2.24) is 10.2 Å². The first-order valence-electron chi connectivity index (χ1n) is 6.12. The molecule has 0 fully saturated rings. The fourth-order valence-electron chi connectivity index (χ4n) is 1.78. The van der Waals surface area contributed by atoms with E-state index < -0.39 is 17.5 Å². The van der Waals surface area contributed by atoms with Gasteiger partial charge in [0, 0.05) is 6.07 Å². The Bertz CT molecular complexity index is 639. The molecule has 2 rings (SSSR count). The number of aryl methyl sites for hydroxylation is 1. The molecule has 0 aliphatic heterocycles. The van der Waals surface area contributed by atoms with Crippen LogP contribution in [0.15, 0.2) is 18.2 Å². The normalized spacial score (nSPS) is 10.6. The summed E-state index contributed by atoms with van der Waals surface area (Å²) in [7, 11) is 0. The third-order valence-electron chi connectivity index (χ3n) is 2.77. The quantitative estimate of drug-likeness (QED) is 0.804. The molecular weight excluding hydrogens is 266 g/mol. The number of rotatable bonds is 4. The van der Waals surface area contributed by atoms with Crippen molar-refractivity contribution < 1.29 is 13.6 Å². The van der Waals surface area contributed by atoms with Crippen molar-refractivity contribution in [2.45, 2.75) is 19.8 Å². The summed E-state index contributed by atoms with van der Waals surface area (Å²) in [4.78, 5) is 12.0. The Balaban J connectivity index is 2.22. The summed E-state index contributed by atoms with van der Waals surface area (Å²) >= 11 is 0. The Morgan fingerprint density at radius 3 is 2.90 bits per heavy atom. The van der Waals surface area contributed by atoms with Crippen LogP contribution in [0.5, 0.6) is 0 Å². The standard InChI is InChI=1S/C13H14F2N4O/c1-2-3-9-11(16)12(19-18-9)13(20)17-10-6-7(14)4-5-8(10)15/h4-6H,2-3,16H2,1H3,(H,17,20)(H,18,19). The predicted molar refractivity (Wildman–Crippen MR) is 71.3 cm³/mol. The third-order valence-corrected chi connectivity index (χ3v) is 2.77. The van der Waals surface area contributed by atoms with Crippen molar-refractivity contribution in [1.29, 1.82) is 0 Å². The van der Waals surface area contributed by atoms with Gasteiger partial charge in [0.25, 0.3) is 5.91 Å². The number of benzene rings is 1. The zero-order chi connectivity index (χ0) is 14.7. The van der Waals surface area contributed by atoms with Crippen LogP contribution in [0.25, 0.3) is 0 Å². The molecule has 0 atom stereocenters. The summed E-state index contributed by atoms with van der Waals surface area (Å²) in [5, 5.41) is 8.72. The summed E-state index contributed by atoms with van der Waals surface area (Å²) in [5.74, 6) is -2.07. The summed E-state index contributed by atoms with van der Waals surface area (Å²) in [6.07, 6.45) is 1.49. The second kappa shape index (κ2) is 5.68. The van der Waals surface area contributed by atoms with E-state index in [1.54, 1.807) is 0 Å². The highest BCUT2D eigenvalue weighted by atomic mass is 19.1. The Morgan fingerprint density at radius 2 is 2.20 bits per heavy atom. The minimum absolute atomic E-state index is 0.0305. The number of nitrogen functional groups attached to an aromatic ring is 1. The maximum Gasteiger partial charge on any atom is 0.278 e. The smallest absolute Gasteiger partial charge is 0.278 e. The molecule has 5 nitrogen and oxygen atoms in total. The number of nitrogens with two attached hydrogens (primary N) is 1. The van der Waals surface area contributed by atoms with E-state index in [1.165, 1.54) is 0 Å². The van der Waals surface area contributed by atoms with Crippen molar-refractivity contribution in [3.8, 4) is 0 Å². The number of carbonyl (C=O) groups is 1. The van der Waals surface area contributed by atoms with Crippen molar-refractivity contribution in [3.05, 3.63) is 41.2 Å². The molecule has 0 bridgehead atoms. The van der Waals surface area contributed by atoms with E-state index >= 15 is 0 Å². The van der Waals surface area contributed by atoms with E-state index in [2.05, 4.69) is 15.5 Å². The van der Waals surface area contributed by atoms with Gasteiger partial charge in [0.2, 0.25) is 0 Å². The highest BCUT2D eigenvalue weighted by Crippen LogP contribution is 2.19. The van der Waals surface area contributed by atoms with Gasteiger partial charge in [0.05, 0.1) is 17.1 Å². The van der Waals surface area contributed by atoms with Gasteiger partial charge in [-0.2, -0.15) is 5.10 Å². The Kier molecular flexibility index (Phi) is 3.97. The SMILES string of the molecule is CCCc1[nH]nc(C(=O)Nc2cc(F)ccc2F)c1N. The number of halogens is 2. The fourth-order valence-corrected chi connectivity index (χ4v) is 1.78. The number of carbonyl (C=O) groups excluding carboxylic acids is 1. The van der Waals surface area contributed by atoms with Crippen molar-refractivity contribution in [3.63, 3.8) is 0 Å². The zero-order valence-electron chi connectivity index (χ0n) is 10.8. The minimum atomic E-state index is -0.734. The van der Waals surface area contributed by atoms with E-state index in [-0.39, 0.29) is 17.1 Å². The average molecular weight is 280 g/mol. The van der Waals surface area contributed by atoms with Crippen LogP contribution in [0.3, 0.4) is 0 Å². The fraction of sp³-hybridized carbons (Fsp3) is 0.231. The highest BCUT2D eigenvalue weighted by molar-refractivity contribution is 6.06. The molecule has 0 aliphatic rings. The number of nitrogens with zero attached hydrogens (tertiary/aromatic N) is 1. The second-order valence-electron chi connectivity index (χ2n) is 4.29. The molecule has 0 saturated carbocycles. The first-order chi connectivity index (χ1) is 9.52. The first-order valence-corrected chi connectivity index (χ1v) is 6.12. The Hall–Kier alpha value is -2.44. The van der Waals surface area contributed by atoms with E-state index in [9.17, 15) is 13.6 Å². The largest absolute Gasteiger partial charge is 0.395 e. The van der Waals surface area contributed by atoms with Crippen LogP contribution in [0, 0.1) is 11.6 Å². The van der Waals surface area contributed by atoms with Crippen LogP contribution in [0.2, 0.25) is 0 Å². The first kappa shape index (κ1) is 14.0. The molecule has 7 heteroatoms. The van der Waals surface area contributed by atoms with Gasteiger partial charge >= 0.3 is 0 Å². The number of H-pyrrole nitrogens is 1. The van der Waals surface area contributed by atoms with Crippen LogP contribution >= 0.6 is 0 Å². The number of amides is 1. The number of aromatic amines is 1. The summed E-state index contributed by atoms with van der Waals surface area (Å²) in [6, 6.07) is 2.79. The number of aromatic nitrogens is 2. The molecule has 1 aromatic heterocycles. The lowest BCUT2D eigenvalue weighted by Gasteiger charge is -2.05. The molecule has 1 aromatic carbocycles. The van der Waals surface area contributed by atoms with Gasteiger partial charge < -0.3 is 11.1 Å². The lowest BCUT2D eigenvalue weighted by atomic mass is 10.2. The van der Waals surface area contributed by atoms with Crippen molar-refractivity contribution in [2.75, 3.05) is 11.1 Å². The van der Waals surface area contributed by atoms with Gasteiger partial charge in [-0.05, 0) is 18.6 Å². The molecule has 0 radical (unpaired) electrons. The van der Waals surface area contributed by atoms with Gasteiger partial charge in [0.15, 0.2) is 5.69 Å². The summed E-state index contributed by atoms with van der Waals surface area (Å²) in [5.41, 5.74) is 6.38. The zero-order valence-corrected chi connectivity index (χ0v) is 10.8. The van der Waals surface area contributed by atoms with Crippen LogP contribution in [0.1, 0.15) is 29.5 Å². The van der Waals surface area contributed by atoms with E-state index in [0.717, 1.165) is 24.6 Å². The maximum absolute atomic E-state index is 13.4. The molecule has 20 heavy (non-hydrogen) atoms. The van der Waals surface area contributed by atoms with Crippen molar-refractivity contribution in [2.24, 2.45) is 0 Å². The molecule has 1 amide bonds. The van der Waals surface area contributed by atoms with E-state index in [0.29, 0.717) is 12.1 Å². The van der Waals surface area contributed by atoms with E-state index in [4.69, 9.17) is 5.73 Å². The monoisotopic (exact) mass is 280 g/mol. The lowest BCUT2D eigenvalue weighted by molar-refractivity contribution is 0.102. The Morgan fingerprint density at radius 1 is 1.45 bits per heavy atom. The number of hydrogen-bond donors (Lipinski definition) is 3. The average Bonchev–Trinajstić information content (AvgIpc) is 2.76. The topological polar surface area (TPSA) is 83.8 Å². The molecule has 4 N–H and O–H groups in total. The number of nitrogens with one attached hydrogen (secondary N) is 2. The van der Waals surface area contributed by atoms with Crippen molar-refractivity contribution >= 4 is 17.3 Å². The van der Waals surface area contributed by atoms with Gasteiger partial charge in [-0.1, -0.05) is 13.3 Å². The molecule has 2 aromatic rings. The van der Waals surface area contributed by atoms with Crippen LogP contribution in [-0.2, 0) is 6.42 Å². The van der Waals surface area contributed by atoms with Crippen LogP contribution < -0.4 is 11.1 Å². The van der Waals surface area contributed by atoms with Gasteiger partial charge in [-0.3, -0.25) is 9.89 Å². The van der Waals surface area contributed by atoms with Crippen LogP contribution in [-0.4, -0.2) is 16.1 Å². The van der Waals surface area contributed by atoms with Crippen LogP contribution in [0.4, 0.5) is 20.2 Å². The molecule has 0 spiro atoms. The summed E-state index contributed by atoms with van der Waals surface area (Å²) in [6.45, 7) is 1.96. The van der Waals surface area contributed by atoms with Gasteiger partial charge in [-0.15, -0.1) is 0 Å². The molecule has 0 aliphatic carbocycles. The number of anilines is 2. The maximum atomic E-state index is 13.4. The number of hydrogen-bond acceptors (Lipinski definition) is 3. The highest BCUT2D eigenvalue weighted by Gasteiger charge is 2.18. The molecular formula is C13H14F2N4O. The van der Waals surface area contributed by atoms with Gasteiger partial charge in [-0.25, -0.2) is 8.78 Å². The summed E-state index contributed by atoms with van der Waals surface area (Å²) < 4.78 is 26.5. The Labute approximate surface area is 114 Å².